The molecule has 17 heteroatoms. The highest BCUT2D eigenvalue weighted by Gasteiger charge is 2.26. The molecule has 0 saturated carbocycles. The number of ether oxygens (including phenoxy) is 4. The first-order valence-corrected chi connectivity index (χ1v) is 17.6. The number of para-hydroxylation sites is 2. The van der Waals surface area contributed by atoms with Crippen LogP contribution in [0.25, 0.3) is 11.6 Å². The Morgan fingerprint density at radius 1 is 0.849 bits per heavy atom. The molecule has 0 amide bonds. The standard InChI is InChI=1S/C36H36N6O10S/c1-36(2,3)26-14-16-27(17-15-26)53(46,47)41-32-31(52-29-9-6-5-8-28(29)48-4)35(40-34(39-32)33-37-18-7-19-38-33)50-21-20-49-30(43)22-24-10-12-25(13-11-24)23-51-42(44)45/h5-19H,20-23H2,1-4H3,(H,39,40,41). The molecule has 276 valence electrons. The van der Waals surface area contributed by atoms with E-state index in [9.17, 15) is 23.3 Å². The van der Waals surface area contributed by atoms with E-state index in [1.54, 1.807) is 66.7 Å². The molecule has 1 N–H and O–H groups in total. The van der Waals surface area contributed by atoms with Crippen LogP contribution >= 0.6 is 0 Å². The van der Waals surface area contributed by atoms with Crippen LogP contribution in [-0.4, -0.2) is 59.7 Å². The summed E-state index contributed by atoms with van der Waals surface area (Å²) >= 11 is 0. The van der Waals surface area contributed by atoms with Gasteiger partial charge in [-0.1, -0.05) is 69.3 Å². The van der Waals surface area contributed by atoms with E-state index in [1.165, 1.54) is 31.6 Å². The first-order valence-electron chi connectivity index (χ1n) is 16.1. The van der Waals surface area contributed by atoms with Gasteiger partial charge in [0.2, 0.25) is 11.6 Å². The van der Waals surface area contributed by atoms with Gasteiger partial charge in [-0.05, 0) is 52.4 Å². The van der Waals surface area contributed by atoms with Gasteiger partial charge in [0.1, 0.15) is 19.8 Å². The largest absolute Gasteiger partial charge is 0.493 e. The second-order valence-electron chi connectivity index (χ2n) is 12.3. The van der Waals surface area contributed by atoms with Crippen molar-refractivity contribution in [1.82, 2.24) is 19.9 Å². The molecule has 0 aliphatic rings. The van der Waals surface area contributed by atoms with Crippen molar-refractivity contribution in [3.63, 3.8) is 0 Å². The molecule has 5 aromatic rings. The molecule has 0 unspecified atom stereocenters. The summed E-state index contributed by atoms with van der Waals surface area (Å²) in [5.41, 5.74) is 1.91. The van der Waals surface area contributed by atoms with Crippen molar-refractivity contribution in [3.05, 3.63) is 118 Å². The van der Waals surface area contributed by atoms with Gasteiger partial charge in [0.05, 0.1) is 18.4 Å². The summed E-state index contributed by atoms with van der Waals surface area (Å²) in [6.07, 6.45) is 2.86. The van der Waals surface area contributed by atoms with Gasteiger partial charge >= 0.3 is 5.97 Å². The third kappa shape index (κ3) is 10.4. The first kappa shape index (κ1) is 37.9. The van der Waals surface area contributed by atoms with E-state index >= 15 is 0 Å². The van der Waals surface area contributed by atoms with Crippen molar-refractivity contribution >= 4 is 21.8 Å². The number of hydrogen-bond acceptors (Lipinski definition) is 14. The molecule has 16 nitrogen and oxygen atoms in total. The molecule has 0 fully saturated rings. The maximum Gasteiger partial charge on any atom is 0.310 e. The number of nitrogens with zero attached hydrogens (tertiary/aromatic N) is 5. The summed E-state index contributed by atoms with van der Waals surface area (Å²) in [6.45, 7) is 5.40. The van der Waals surface area contributed by atoms with Crippen LogP contribution in [0.2, 0.25) is 0 Å². The molecule has 0 radical (unpaired) electrons. The fourth-order valence-corrected chi connectivity index (χ4v) is 5.73. The Morgan fingerprint density at radius 3 is 2.15 bits per heavy atom. The number of anilines is 1. The zero-order chi connectivity index (χ0) is 38.0. The number of esters is 1. The Hall–Kier alpha value is -6.36. The SMILES string of the molecule is COc1ccccc1Oc1c(NS(=O)(=O)c2ccc(C(C)(C)C)cc2)nc(-c2ncccn2)nc1OCCOC(=O)Cc1ccc(CO[N+](=O)[O-])cc1. The molecule has 0 aliphatic heterocycles. The van der Waals surface area contributed by atoms with E-state index in [1.807, 2.05) is 20.8 Å². The van der Waals surface area contributed by atoms with Crippen molar-refractivity contribution in [3.8, 4) is 34.8 Å². The van der Waals surface area contributed by atoms with E-state index < -0.39 is 21.1 Å². The van der Waals surface area contributed by atoms with Crippen LogP contribution in [0.5, 0.6) is 23.1 Å². The molecular formula is C36H36N6O10S. The highest BCUT2D eigenvalue weighted by molar-refractivity contribution is 7.92. The lowest BCUT2D eigenvalue weighted by molar-refractivity contribution is -0.763. The average molecular weight is 745 g/mol. The van der Waals surface area contributed by atoms with Crippen molar-refractivity contribution in [2.45, 2.75) is 44.1 Å². The number of sulfonamides is 1. The van der Waals surface area contributed by atoms with Gasteiger partial charge in [0.15, 0.2) is 23.1 Å². The van der Waals surface area contributed by atoms with E-state index in [2.05, 4.69) is 29.5 Å². The van der Waals surface area contributed by atoms with E-state index in [0.29, 0.717) is 16.9 Å². The number of nitrogens with one attached hydrogen (secondary N) is 1. The third-order valence-corrected chi connectivity index (χ3v) is 8.79. The molecule has 0 spiro atoms. The van der Waals surface area contributed by atoms with Gasteiger partial charge in [-0.25, -0.2) is 23.4 Å². The minimum absolute atomic E-state index is 0.0289. The average Bonchev–Trinajstić information content (AvgIpc) is 3.14. The molecule has 0 saturated heterocycles. The van der Waals surface area contributed by atoms with Gasteiger partial charge in [-0.2, -0.15) is 4.98 Å². The number of rotatable bonds is 16. The molecule has 53 heavy (non-hydrogen) atoms. The summed E-state index contributed by atoms with van der Waals surface area (Å²) in [7, 11) is -2.80. The van der Waals surface area contributed by atoms with Crippen molar-refractivity contribution in [2.24, 2.45) is 0 Å². The summed E-state index contributed by atoms with van der Waals surface area (Å²) in [4.78, 5) is 44.7. The monoisotopic (exact) mass is 744 g/mol. The number of carbonyl (C=O) groups excluding carboxylic acids is 1. The molecule has 3 aromatic carbocycles. The van der Waals surface area contributed by atoms with Crippen LogP contribution in [0.4, 0.5) is 5.82 Å². The fourth-order valence-electron chi connectivity index (χ4n) is 4.73. The molecule has 0 aliphatic carbocycles. The predicted molar refractivity (Wildman–Crippen MR) is 190 cm³/mol. The Kier molecular flexibility index (Phi) is 12.0. The van der Waals surface area contributed by atoms with Gasteiger partial charge < -0.3 is 23.8 Å². The quantitative estimate of drug-likeness (QED) is 0.0557. The Labute approximate surface area is 305 Å². The number of aromatic nitrogens is 4. The Balaban J connectivity index is 1.42. The van der Waals surface area contributed by atoms with E-state index in [0.717, 1.165) is 5.56 Å². The summed E-state index contributed by atoms with van der Waals surface area (Å²) < 4.78 is 53.1. The minimum Gasteiger partial charge on any atom is -0.493 e. The number of methoxy groups -OCH3 is 1. The minimum atomic E-state index is -4.25. The maximum atomic E-state index is 13.8. The van der Waals surface area contributed by atoms with E-state index in [-0.39, 0.29) is 71.4 Å². The second kappa shape index (κ2) is 16.8. The molecule has 2 heterocycles. The maximum absolute atomic E-state index is 13.8. The van der Waals surface area contributed by atoms with Crippen LogP contribution in [-0.2, 0) is 42.8 Å². The molecule has 2 aromatic heterocycles. The molecule has 5 rings (SSSR count). The third-order valence-electron chi connectivity index (χ3n) is 7.44. The van der Waals surface area contributed by atoms with Crippen molar-refractivity contribution in [2.75, 3.05) is 25.0 Å². The number of hydrogen-bond donors (Lipinski definition) is 1. The topological polar surface area (TPSA) is 204 Å². The Bertz CT molecular complexity index is 2150. The second-order valence-corrected chi connectivity index (χ2v) is 14.0. The fraction of sp³-hybridized carbons (Fsp3) is 0.250. The summed E-state index contributed by atoms with van der Waals surface area (Å²) in [5, 5.41) is 9.55. The van der Waals surface area contributed by atoms with Crippen LogP contribution in [0.3, 0.4) is 0 Å². The van der Waals surface area contributed by atoms with Gasteiger partial charge in [0, 0.05) is 12.4 Å². The summed E-state index contributed by atoms with van der Waals surface area (Å²) in [6, 6.07) is 21.2. The molecule has 0 bridgehead atoms. The van der Waals surface area contributed by atoms with Gasteiger partial charge in [-0.3, -0.25) is 9.52 Å². The zero-order valence-corrected chi connectivity index (χ0v) is 30.0. The molecule has 0 atom stereocenters. The lowest BCUT2D eigenvalue weighted by Crippen LogP contribution is -2.18. The highest BCUT2D eigenvalue weighted by Crippen LogP contribution is 2.41. The lowest BCUT2D eigenvalue weighted by atomic mass is 9.87. The number of benzene rings is 3. The van der Waals surface area contributed by atoms with Gasteiger partial charge in [-0.15, -0.1) is 10.1 Å². The zero-order valence-electron chi connectivity index (χ0n) is 29.2. The summed E-state index contributed by atoms with van der Waals surface area (Å²) in [5.74, 6) is -0.768. The smallest absolute Gasteiger partial charge is 0.310 e. The lowest BCUT2D eigenvalue weighted by Gasteiger charge is -2.20. The highest BCUT2D eigenvalue weighted by atomic mass is 32.2. The van der Waals surface area contributed by atoms with Crippen LogP contribution < -0.4 is 18.9 Å². The normalized spacial score (nSPS) is 11.3. The first-order chi connectivity index (χ1) is 25.3. The van der Waals surface area contributed by atoms with Crippen LogP contribution in [0.15, 0.2) is 96.2 Å². The van der Waals surface area contributed by atoms with Crippen LogP contribution in [0, 0.1) is 10.1 Å². The van der Waals surface area contributed by atoms with Crippen molar-refractivity contribution < 1.29 is 42.1 Å². The predicted octanol–water partition coefficient (Wildman–Crippen LogP) is 5.71. The Morgan fingerprint density at radius 2 is 1.51 bits per heavy atom. The van der Waals surface area contributed by atoms with Gasteiger partial charge in [0.25, 0.3) is 21.0 Å². The van der Waals surface area contributed by atoms with E-state index in [4.69, 9.17) is 18.9 Å². The number of carbonyl (C=O) groups is 1. The van der Waals surface area contributed by atoms with Crippen molar-refractivity contribution in [1.29, 1.82) is 0 Å². The molecular weight excluding hydrogens is 708 g/mol. The van der Waals surface area contributed by atoms with Crippen LogP contribution in [0.1, 0.15) is 37.5 Å².